The zero-order valence-corrected chi connectivity index (χ0v) is 12.2. The van der Waals surface area contributed by atoms with Gasteiger partial charge in [-0.25, -0.2) is 0 Å². The van der Waals surface area contributed by atoms with Crippen molar-refractivity contribution in [3.63, 3.8) is 0 Å². The minimum absolute atomic E-state index is 0.118. The van der Waals surface area contributed by atoms with E-state index in [0.29, 0.717) is 21.4 Å². The Bertz CT molecular complexity index is 680. The number of nitrogens with zero attached hydrogens (tertiary/aromatic N) is 1. The van der Waals surface area contributed by atoms with E-state index in [2.05, 4.69) is 5.43 Å². The van der Waals surface area contributed by atoms with Crippen LogP contribution in [0.15, 0.2) is 36.4 Å². The van der Waals surface area contributed by atoms with Crippen LogP contribution in [0.5, 0.6) is 5.75 Å². The van der Waals surface area contributed by atoms with Crippen molar-refractivity contribution in [2.75, 3.05) is 5.43 Å². The van der Waals surface area contributed by atoms with Gasteiger partial charge in [-0.3, -0.25) is 16.0 Å². The van der Waals surface area contributed by atoms with Gasteiger partial charge in [0, 0.05) is 12.1 Å². The van der Waals surface area contributed by atoms with E-state index in [9.17, 15) is 10.1 Å². The van der Waals surface area contributed by atoms with Gasteiger partial charge in [0.05, 0.1) is 15.0 Å². The molecular weight excluding hydrogens is 317 g/mol. The largest absolute Gasteiger partial charge is 0.489 e. The smallest absolute Gasteiger partial charge is 0.294 e. The molecule has 110 valence electrons. The zero-order chi connectivity index (χ0) is 15.4. The fraction of sp³-hybridized carbons (Fsp3) is 0.0769. The molecule has 2 aromatic carbocycles. The van der Waals surface area contributed by atoms with Gasteiger partial charge < -0.3 is 10.2 Å². The highest BCUT2D eigenvalue weighted by atomic mass is 35.5. The van der Waals surface area contributed by atoms with Crippen molar-refractivity contribution in [1.82, 2.24) is 0 Å². The lowest BCUT2D eigenvalue weighted by molar-refractivity contribution is -0.384. The fourth-order valence-corrected chi connectivity index (χ4v) is 1.96. The van der Waals surface area contributed by atoms with Gasteiger partial charge in [0.2, 0.25) is 0 Å². The van der Waals surface area contributed by atoms with Crippen LogP contribution in [0.4, 0.5) is 11.4 Å². The van der Waals surface area contributed by atoms with Crippen molar-refractivity contribution in [2.24, 2.45) is 5.84 Å². The van der Waals surface area contributed by atoms with Gasteiger partial charge in [0.15, 0.2) is 0 Å². The van der Waals surface area contributed by atoms with E-state index in [0.717, 1.165) is 0 Å². The lowest BCUT2D eigenvalue weighted by atomic mass is 10.2. The molecule has 0 saturated heterocycles. The number of nitrogens with one attached hydrogen (secondary N) is 1. The van der Waals surface area contributed by atoms with Crippen LogP contribution in [0, 0.1) is 10.1 Å². The number of halogens is 2. The second-order valence-corrected chi connectivity index (χ2v) is 4.93. The quantitative estimate of drug-likeness (QED) is 0.495. The van der Waals surface area contributed by atoms with Crippen molar-refractivity contribution >= 4 is 34.6 Å². The van der Waals surface area contributed by atoms with Crippen molar-refractivity contribution in [2.45, 2.75) is 6.61 Å². The van der Waals surface area contributed by atoms with E-state index in [-0.39, 0.29) is 18.0 Å². The molecule has 0 bridgehead atoms. The first-order valence-corrected chi connectivity index (χ1v) is 6.58. The van der Waals surface area contributed by atoms with Crippen LogP contribution in [-0.4, -0.2) is 4.92 Å². The van der Waals surface area contributed by atoms with Crippen molar-refractivity contribution in [3.05, 3.63) is 62.1 Å². The van der Waals surface area contributed by atoms with Gasteiger partial charge in [-0.2, -0.15) is 0 Å². The zero-order valence-electron chi connectivity index (χ0n) is 10.7. The Morgan fingerprint density at radius 2 is 1.95 bits per heavy atom. The molecule has 0 saturated carbocycles. The summed E-state index contributed by atoms with van der Waals surface area (Å²) in [7, 11) is 0. The number of rotatable bonds is 5. The molecule has 2 aromatic rings. The molecule has 0 fully saturated rings. The normalized spacial score (nSPS) is 10.2. The number of hydrazine groups is 1. The van der Waals surface area contributed by atoms with Crippen molar-refractivity contribution in [3.8, 4) is 5.75 Å². The van der Waals surface area contributed by atoms with Crippen LogP contribution in [0.1, 0.15) is 5.56 Å². The molecule has 0 spiro atoms. The van der Waals surface area contributed by atoms with Crippen LogP contribution in [0.3, 0.4) is 0 Å². The summed E-state index contributed by atoms with van der Waals surface area (Å²) in [6.07, 6.45) is 0. The molecule has 21 heavy (non-hydrogen) atoms. The first kappa shape index (κ1) is 15.4. The Morgan fingerprint density at radius 3 is 2.57 bits per heavy atom. The number of nitrogens with two attached hydrogens (primary N) is 1. The number of hydrogen-bond donors (Lipinski definition) is 2. The summed E-state index contributed by atoms with van der Waals surface area (Å²) in [6, 6.07) is 9.45. The maximum atomic E-state index is 10.9. The first-order valence-electron chi connectivity index (χ1n) is 5.83. The molecule has 6 nitrogen and oxygen atoms in total. The Balaban J connectivity index is 2.14. The van der Waals surface area contributed by atoms with Crippen LogP contribution >= 0.6 is 23.2 Å². The van der Waals surface area contributed by atoms with Gasteiger partial charge in [-0.15, -0.1) is 0 Å². The van der Waals surface area contributed by atoms with Gasteiger partial charge in [0.1, 0.15) is 18.0 Å². The molecule has 8 heteroatoms. The minimum Gasteiger partial charge on any atom is -0.489 e. The van der Waals surface area contributed by atoms with Crippen LogP contribution in [0.25, 0.3) is 0 Å². The summed E-state index contributed by atoms with van der Waals surface area (Å²) >= 11 is 11.7. The van der Waals surface area contributed by atoms with Gasteiger partial charge in [0.25, 0.3) is 5.69 Å². The Kier molecular flexibility index (Phi) is 4.85. The highest BCUT2D eigenvalue weighted by Crippen LogP contribution is 2.28. The lowest BCUT2D eigenvalue weighted by Crippen LogP contribution is -2.09. The monoisotopic (exact) mass is 327 g/mol. The maximum Gasteiger partial charge on any atom is 0.294 e. The number of benzene rings is 2. The van der Waals surface area contributed by atoms with Crippen molar-refractivity contribution in [1.29, 1.82) is 0 Å². The molecule has 0 radical (unpaired) electrons. The predicted molar refractivity (Wildman–Crippen MR) is 81.7 cm³/mol. The Morgan fingerprint density at radius 1 is 1.19 bits per heavy atom. The molecule has 0 atom stereocenters. The van der Waals surface area contributed by atoms with Gasteiger partial charge in [-0.05, 0) is 23.8 Å². The summed E-state index contributed by atoms with van der Waals surface area (Å²) in [5.41, 5.74) is 3.02. The number of nitrogen functional groups attached to an aromatic ring is 1. The van der Waals surface area contributed by atoms with Crippen LogP contribution in [-0.2, 0) is 6.61 Å². The highest BCUT2D eigenvalue weighted by molar-refractivity contribution is 6.42. The maximum absolute atomic E-state index is 10.9. The Labute approximate surface area is 130 Å². The standard InChI is InChI=1S/C13H11Cl2N3O3/c14-10-3-2-9(6-11(10)15)21-7-8-1-4-12(17-16)13(5-8)18(19)20/h1-6,17H,7,16H2. The molecule has 0 aliphatic heterocycles. The van der Waals surface area contributed by atoms with Crippen molar-refractivity contribution < 1.29 is 9.66 Å². The van der Waals surface area contributed by atoms with E-state index in [4.69, 9.17) is 33.8 Å². The molecule has 0 amide bonds. The highest BCUT2D eigenvalue weighted by Gasteiger charge is 2.14. The molecule has 3 N–H and O–H groups in total. The van der Waals surface area contributed by atoms with E-state index in [1.54, 1.807) is 24.3 Å². The second kappa shape index (κ2) is 6.62. The number of ether oxygens (including phenoxy) is 1. The third kappa shape index (κ3) is 3.75. The third-order valence-corrected chi connectivity index (χ3v) is 3.45. The molecule has 0 heterocycles. The molecule has 0 aliphatic rings. The van der Waals surface area contributed by atoms with Gasteiger partial charge >= 0.3 is 0 Å². The van der Waals surface area contributed by atoms with E-state index in [1.807, 2.05) is 0 Å². The molecule has 2 rings (SSSR count). The second-order valence-electron chi connectivity index (χ2n) is 4.12. The molecular formula is C13H11Cl2N3O3. The number of hydrogen-bond acceptors (Lipinski definition) is 5. The van der Waals surface area contributed by atoms with Gasteiger partial charge in [-0.1, -0.05) is 29.3 Å². The van der Waals surface area contributed by atoms with Crippen LogP contribution < -0.4 is 16.0 Å². The topological polar surface area (TPSA) is 90.4 Å². The number of nitro benzene ring substituents is 1. The Hall–Kier alpha value is -2.02. The summed E-state index contributed by atoms with van der Waals surface area (Å²) < 4.78 is 5.52. The summed E-state index contributed by atoms with van der Waals surface area (Å²) in [4.78, 5) is 10.4. The number of nitro groups is 1. The van der Waals surface area contributed by atoms with Crippen LogP contribution in [0.2, 0.25) is 10.0 Å². The molecule has 0 aliphatic carbocycles. The molecule has 0 unspecified atom stereocenters. The molecule has 0 aromatic heterocycles. The average molecular weight is 328 g/mol. The fourth-order valence-electron chi connectivity index (χ4n) is 1.67. The third-order valence-electron chi connectivity index (χ3n) is 2.71. The lowest BCUT2D eigenvalue weighted by Gasteiger charge is -2.08. The van der Waals surface area contributed by atoms with E-state index in [1.165, 1.54) is 12.1 Å². The first-order chi connectivity index (χ1) is 10.0. The average Bonchev–Trinajstić information content (AvgIpc) is 2.48. The minimum atomic E-state index is -0.516. The summed E-state index contributed by atoms with van der Waals surface area (Å²) in [5, 5.41) is 11.7. The van der Waals surface area contributed by atoms with E-state index < -0.39 is 4.92 Å². The SMILES string of the molecule is NNc1ccc(COc2ccc(Cl)c(Cl)c2)cc1[N+](=O)[O-]. The summed E-state index contributed by atoms with van der Waals surface area (Å²) in [5.74, 6) is 5.74. The number of anilines is 1. The predicted octanol–water partition coefficient (Wildman–Crippen LogP) is 3.77. The summed E-state index contributed by atoms with van der Waals surface area (Å²) in [6.45, 7) is 0.156. The van der Waals surface area contributed by atoms with E-state index >= 15 is 0 Å².